The van der Waals surface area contributed by atoms with Crippen molar-refractivity contribution >= 4 is 5.83 Å². The van der Waals surface area contributed by atoms with Crippen molar-refractivity contribution in [1.29, 1.82) is 0 Å². The Balaban J connectivity index is 2.28. The maximum Gasteiger partial charge on any atom is 0.159 e. The molecule has 1 heterocycles. The predicted molar refractivity (Wildman–Crippen MR) is 63.6 cm³/mol. The van der Waals surface area contributed by atoms with E-state index in [0.717, 1.165) is 11.6 Å². The summed E-state index contributed by atoms with van der Waals surface area (Å²) in [5, 5.41) is 8.59. The lowest BCUT2D eigenvalue weighted by atomic mass is 10.1. The summed E-state index contributed by atoms with van der Waals surface area (Å²) in [5.74, 6) is 0.165. The second-order valence-electron chi connectivity index (χ2n) is 3.38. The van der Waals surface area contributed by atoms with E-state index in [-0.39, 0.29) is 6.61 Å². The largest absolute Gasteiger partial charge is 0.392 e. The van der Waals surface area contributed by atoms with Gasteiger partial charge in [0.2, 0.25) is 0 Å². The average Bonchev–Trinajstić information content (AvgIpc) is 2.40. The Morgan fingerprint density at radius 1 is 1.18 bits per heavy atom. The fraction of sp³-hybridized carbons (Fsp3) is 0.0769. The molecule has 0 aliphatic heterocycles. The van der Waals surface area contributed by atoms with E-state index in [4.69, 9.17) is 5.11 Å². The quantitative estimate of drug-likeness (QED) is 0.880. The Morgan fingerprint density at radius 2 is 1.82 bits per heavy atom. The molecule has 0 atom stereocenters. The normalized spacial score (nSPS) is 11.5. The Kier molecular flexibility index (Phi) is 3.57. The predicted octanol–water partition coefficient (Wildman–Crippen LogP) is 2.45. The summed E-state index contributed by atoms with van der Waals surface area (Å²) in [7, 11) is 0. The van der Waals surface area contributed by atoms with Gasteiger partial charge in [-0.15, -0.1) is 0 Å². The lowest BCUT2D eigenvalue weighted by molar-refractivity contribution is 0.342. The SMILES string of the molecule is OC/C=C(\F)c1ccc(-c2ncccn2)cc1. The molecule has 2 rings (SSSR count). The van der Waals surface area contributed by atoms with Crippen LogP contribution in [0.1, 0.15) is 5.56 Å². The van der Waals surface area contributed by atoms with Crippen molar-refractivity contribution in [1.82, 2.24) is 9.97 Å². The Labute approximate surface area is 98.3 Å². The summed E-state index contributed by atoms with van der Waals surface area (Å²) in [6, 6.07) is 8.49. The number of halogens is 1. The number of hydrogen-bond donors (Lipinski definition) is 1. The fourth-order valence-electron chi connectivity index (χ4n) is 1.42. The minimum atomic E-state index is -0.437. The third-order valence-electron chi connectivity index (χ3n) is 2.26. The molecule has 0 fully saturated rings. The number of aliphatic hydroxyl groups is 1. The van der Waals surface area contributed by atoms with Crippen LogP contribution in [0.25, 0.3) is 17.2 Å². The van der Waals surface area contributed by atoms with Crippen LogP contribution in [0.5, 0.6) is 0 Å². The molecule has 3 nitrogen and oxygen atoms in total. The van der Waals surface area contributed by atoms with Crippen LogP contribution >= 0.6 is 0 Å². The summed E-state index contributed by atoms with van der Waals surface area (Å²) in [4.78, 5) is 8.20. The molecule has 1 aromatic carbocycles. The smallest absolute Gasteiger partial charge is 0.159 e. The van der Waals surface area contributed by atoms with E-state index in [1.165, 1.54) is 0 Å². The highest BCUT2D eigenvalue weighted by Gasteiger charge is 2.02. The molecule has 0 saturated heterocycles. The maximum atomic E-state index is 13.3. The second-order valence-corrected chi connectivity index (χ2v) is 3.38. The van der Waals surface area contributed by atoms with Gasteiger partial charge in [0.15, 0.2) is 5.82 Å². The van der Waals surface area contributed by atoms with Crippen LogP contribution in [0.2, 0.25) is 0 Å². The second kappa shape index (κ2) is 5.32. The monoisotopic (exact) mass is 230 g/mol. The van der Waals surface area contributed by atoms with E-state index in [0.29, 0.717) is 11.4 Å². The molecule has 0 unspecified atom stereocenters. The number of aromatic nitrogens is 2. The fourth-order valence-corrected chi connectivity index (χ4v) is 1.42. The summed E-state index contributed by atoms with van der Waals surface area (Å²) >= 11 is 0. The van der Waals surface area contributed by atoms with Gasteiger partial charge in [-0.05, 0) is 12.1 Å². The third-order valence-corrected chi connectivity index (χ3v) is 2.26. The van der Waals surface area contributed by atoms with Crippen molar-refractivity contribution < 1.29 is 9.50 Å². The van der Waals surface area contributed by atoms with Gasteiger partial charge in [-0.25, -0.2) is 14.4 Å². The molecule has 4 heteroatoms. The van der Waals surface area contributed by atoms with E-state index >= 15 is 0 Å². The van der Waals surface area contributed by atoms with E-state index in [9.17, 15) is 4.39 Å². The molecule has 1 aromatic heterocycles. The molecule has 0 spiro atoms. The van der Waals surface area contributed by atoms with Gasteiger partial charge in [0, 0.05) is 23.5 Å². The van der Waals surface area contributed by atoms with Crippen molar-refractivity contribution in [2.24, 2.45) is 0 Å². The molecule has 0 aliphatic carbocycles. The van der Waals surface area contributed by atoms with Gasteiger partial charge in [-0.2, -0.15) is 0 Å². The summed E-state index contributed by atoms with van der Waals surface area (Å²) in [6.07, 6.45) is 4.43. The van der Waals surface area contributed by atoms with Gasteiger partial charge >= 0.3 is 0 Å². The molecule has 0 saturated carbocycles. The summed E-state index contributed by atoms with van der Waals surface area (Å²) in [6.45, 7) is -0.310. The lowest BCUT2D eigenvalue weighted by Gasteiger charge is -2.01. The molecule has 1 N–H and O–H groups in total. The standard InChI is InChI=1S/C13H11FN2O/c14-12(6-9-17)10-2-4-11(5-3-10)13-15-7-1-8-16-13/h1-8,17H,9H2/b12-6-. The minimum Gasteiger partial charge on any atom is -0.392 e. The van der Waals surface area contributed by atoms with Gasteiger partial charge in [0.05, 0.1) is 6.61 Å². The summed E-state index contributed by atoms with van der Waals surface area (Å²) < 4.78 is 13.3. The zero-order chi connectivity index (χ0) is 12.1. The minimum absolute atomic E-state index is 0.310. The highest BCUT2D eigenvalue weighted by molar-refractivity contribution is 5.63. The van der Waals surface area contributed by atoms with E-state index in [1.54, 1.807) is 42.7 Å². The van der Waals surface area contributed by atoms with Crippen LogP contribution < -0.4 is 0 Å². The van der Waals surface area contributed by atoms with Crippen molar-refractivity contribution in [3.05, 3.63) is 54.4 Å². The highest BCUT2D eigenvalue weighted by Crippen LogP contribution is 2.20. The van der Waals surface area contributed by atoms with Gasteiger partial charge in [0.1, 0.15) is 5.83 Å². The van der Waals surface area contributed by atoms with Gasteiger partial charge in [-0.3, -0.25) is 0 Å². The van der Waals surface area contributed by atoms with Crippen molar-refractivity contribution in [3.63, 3.8) is 0 Å². The molecule has 0 radical (unpaired) electrons. The first-order chi connectivity index (χ1) is 8.31. The van der Waals surface area contributed by atoms with Crippen molar-refractivity contribution in [2.75, 3.05) is 6.61 Å². The molecular formula is C13H11FN2O. The lowest BCUT2D eigenvalue weighted by Crippen LogP contribution is -1.87. The van der Waals surface area contributed by atoms with Crippen molar-refractivity contribution in [2.45, 2.75) is 0 Å². The van der Waals surface area contributed by atoms with Crippen LogP contribution in [0.15, 0.2) is 48.8 Å². The topological polar surface area (TPSA) is 46.0 Å². The maximum absolute atomic E-state index is 13.3. The first-order valence-electron chi connectivity index (χ1n) is 5.15. The Hall–Kier alpha value is -2.07. The number of nitrogens with zero attached hydrogens (tertiary/aromatic N) is 2. The first kappa shape index (κ1) is 11.4. The average molecular weight is 230 g/mol. The van der Waals surface area contributed by atoms with Crippen LogP contribution in [0, 0.1) is 0 Å². The Morgan fingerprint density at radius 3 is 2.41 bits per heavy atom. The molecule has 0 aliphatic rings. The third kappa shape index (κ3) is 2.73. The van der Waals surface area contributed by atoms with E-state index in [2.05, 4.69) is 9.97 Å². The van der Waals surface area contributed by atoms with Crippen LogP contribution in [-0.2, 0) is 0 Å². The van der Waals surface area contributed by atoms with Gasteiger partial charge in [0.25, 0.3) is 0 Å². The summed E-state index contributed by atoms with van der Waals surface area (Å²) in [5.41, 5.74) is 1.25. The number of hydrogen-bond acceptors (Lipinski definition) is 3. The first-order valence-corrected chi connectivity index (χ1v) is 5.15. The van der Waals surface area contributed by atoms with Gasteiger partial charge in [-0.1, -0.05) is 24.3 Å². The zero-order valence-electron chi connectivity index (χ0n) is 9.05. The molecule has 0 amide bonds. The molecule has 2 aromatic rings. The van der Waals surface area contributed by atoms with E-state index < -0.39 is 5.83 Å². The van der Waals surface area contributed by atoms with Gasteiger partial charge < -0.3 is 5.11 Å². The number of aliphatic hydroxyl groups excluding tert-OH is 1. The van der Waals surface area contributed by atoms with Crippen LogP contribution in [0.4, 0.5) is 4.39 Å². The van der Waals surface area contributed by atoms with Crippen LogP contribution in [0.3, 0.4) is 0 Å². The van der Waals surface area contributed by atoms with Crippen LogP contribution in [-0.4, -0.2) is 21.7 Å². The number of rotatable bonds is 3. The zero-order valence-corrected chi connectivity index (χ0v) is 9.05. The Bertz CT molecular complexity index is 509. The molecular weight excluding hydrogens is 219 g/mol. The molecule has 0 bridgehead atoms. The molecule has 17 heavy (non-hydrogen) atoms. The molecule has 86 valence electrons. The van der Waals surface area contributed by atoms with E-state index in [1.807, 2.05) is 0 Å². The van der Waals surface area contributed by atoms with Crippen molar-refractivity contribution in [3.8, 4) is 11.4 Å². The highest BCUT2D eigenvalue weighted by atomic mass is 19.1. The number of benzene rings is 1.